The van der Waals surface area contributed by atoms with Crippen molar-refractivity contribution in [3.63, 3.8) is 0 Å². The molecule has 7 heteroatoms. The third-order valence-corrected chi connectivity index (χ3v) is 5.22. The monoisotopic (exact) mass is 380 g/mol. The number of urea groups is 1. The second kappa shape index (κ2) is 8.39. The van der Waals surface area contributed by atoms with Crippen molar-refractivity contribution in [2.75, 3.05) is 18.4 Å². The van der Waals surface area contributed by atoms with E-state index in [1.54, 1.807) is 11.1 Å². The third kappa shape index (κ3) is 4.31. The van der Waals surface area contributed by atoms with Gasteiger partial charge in [0.2, 0.25) is 5.91 Å². The average Bonchev–Trinajstić information content (AvgIpc) is 2.73. The van der Waals surface area contributed by atoms with E-state index in [4.69, 9.17) is 4.74 Å². The lowest BCUT2D eigenvalue weighted by Crippen LogP contribution is -2.47. The molecule has 146 valence electrons. The van der Waals surface area contributed by atoms with Crippen LogP contribution in [0.25, 0.3) is 0 Å². The number of benzene rings is 1. The Morgan fingerprint density at radius 3 is 2.75 bits per heavy atom. The minimum Gasteiger partial charge on any atom is -0.372 e. The van der Waals surface area contributed by atoms with Gasteiger partial charge in [-0.25, -0.2) is 4.79 Å². The van der Waals surface area contributed by atoms with Crippen LogP contribution in [0.2, 0.25) is 0 Å². The van der Waals surface area contributed by atoms with E-state index in [1.807, 2.05) is 42.5 Å². The van der Waals surface area contributed by atoms with Gasteiger partial charge in [0.25, 0.3) is 0 Å². The third-order valence-electron chi connectivity index (χ3n) is 5.22. The number of rotatable bonds is 4. The second-order valence-electron chi connectivity index (χ2n) is 7.16. The Kier molecular flexibility index (Phi) is 5.53. The van der Waals surface area contributed by atoms with Crippen LogP contribution >= 0.6 is 0 Å². The molecule has 1 saturated heterocycles. The highest BCUT2D eigenvalue weighted by Crippen LogP contribution is 2.30. The Morgan fingerprint density at radius 2 is 1.96 bits per heavy atom. The number of likely N-dealkylation sites (tertiary alicyclic amines) is 1. The SMILES string of the molecule is O=C1CC(NC(=O)N2CCC(OCc3ccccn3)CC2)c2ccccc2N1. The zero-order valence-corrected chi connectivity index (χ0v) is 15.6. The Balaban J connectivity index is 1.28. The molecule has 2 aromatic rings. The molecule has 3 amide bonds. The molecule has 0 spiro atoms. The molecule has 2 aliphatic rings. The first kappa shape index (κ1) is 18.4. The summed E-state index contributed by atoms with van der Waals surface area (Å²) < 4.78 is 5.93. The van der Waals surface area contributed by atoms with Crippen LogP contribution in [0.3, 0.4) is 0 Å². The van der Waals surface area contributed by atoms with Crippen molar-refractivity contribution < 1.29 is 14.3 Å². The van der Waals surface area contributed by atoms with Gasteiger partial charge >= 0.3 is 6.03 Å². The predicted octanol–water partition coefficient (Wildman–Crippen LogP) is 2.86. The first-order valence-corrected chi connectivity index (χ1v) is 9.65. The Labute approximate surface area is 164 Å². The number of pyridine rings is 1. The van der Waals surface area contributed by atoms with Gasteiger partial charge in [-0.3, -0.25) is 9.78 Å². The summed E-state index contributed by atoms with van der Waals surface area (Å²) in [5.41, 5.74) is 2.63. The number of aromatic nitrogens is 1. The van der Waals surface area contributed by atoms with Crippen molar-refractivity contribution in [3.05, 3.63) is 59.9 Å². The number of hydrogen-bond acceptors (Lipinski definition) is 4. The van der Waals surface area contributed by atoms with E-state index in [0.717, 1.165) is 29.8 Å². The number of carbonyl (C=O) groups excluding carboxylic acids is 2. The molecule has 0 saturated carbocycles. The summed E-state index contributed by atoms with van der Waals surface area (Å²) in [4.78, 5) is 30.7. The summed E-state index contributed by atoms with van der Waals surface area (Å²) >= 11 is 0. The number of hydrogen-bond donors (Lipinski definition) is 2. The van der Waals surface area contributed by atoms with E-state index < -0.39 is 0 Å². The Morgan fingerprint density at radius 1 is 1.18 bits per heavy atom. The number of nitrogens with one attached hydrogen (secondary N) is 2. The minimum absolute atomic E-state index is 0.0781. The topological polar surface area (TPSA) is 83.6 Å². The zero-order chi connectivity index (χ0) is 19.3. The van der Waals surface area contributed by atoms with Crippen LogP contribution in [0.1, 0.15) is 36.6 Å². The van der Waals surface area contributed by atoms with Gasteiger partial charge in [-0.1, -0.05) is 24.3 Å². The highest BCUT2D eigenvalue weighted by molar-refractivity contribution is 5.95. The van der Waals surface area contributed by atoms with Crippen molar-refractivity contribution in [2.24, 2.45) is 0 Å². The van der Waals surface area contributed by atoms with Crippen LogP contribution in [0, 0.1) is 0 Å². The second-order valence-corrected chi connectivity index (χ2v) is 7.16. The maximum Gasteiger partial charge on any atom is 0.317 e. The summed E-state index contributed by atoms with van der Waals surface area (Å²) in [6.07, 6.45) is 3.73. The fraction of sp³-hybridized carbons (Fsp3) is 0.381. The van der Waals surface area contributed by atoms with Crippen molar-refractivity contribution in [1.82, 2.24) is 15.2 Å². The maximum absolute atomic E-state index is 12.7. The van der Waals surface area contributed by atoms with E-state index in [0.29, 0.717) is 19.7 Å². The first-order valence-electron chi connectivity index (χ1n) is 9.65. The lowest BCUT2D eigenvalue weighted by atomic mass is 9.97. The van der Waals surface area contributed by atoms with Gasteiger partial charge in [-0.15, -0.1) is 0 Å². The molecule has 1 atom stereocenters. The summed E-state index contributed by atoms with van der Waals surface area (Å²) in [7, 11) is 0. The maximum atomic E-state index is 12.7. The van der Waals surface area contributed by atoms with Gasteiger partial charge in [-0.05, 0) is 36.6 Å². The molecule has 28 heavy (non-hydrogen) atoms. The molecule has 7 nitrogen and oxygen atoms in total. The summed E-state index contributed by atoms with van der Waals surface area (Å²) in [5.74, 6) is -0.0781. The number of fused-ring (bicyclic) bond motifs is 1. The number of amides is 3. The lowest BCUT2D eigenvalue weighted by molar-refractivity contribution is -0.116. The van der Waals surface area contributed by atoms with Gasteiger partial charge in [0.15, 0.2) is 0 Å². The molecule has 3 heterocycles. The molecule has 1 aromatic heterocycles. The van der Waals surface area contributed by atoms with Crippen molar-refractivity contribution >= 4 is 17.6 Å². The smallest absolute Gasteiger partial charge is 0.317 e. The van der Waals surface area contributed by atoms with Gasteiger partial charge in [0, 0.05) is 25.0 Å². The molecule has 0 bridgehead atoms. The average molecular weight is 380 g/mol. The Bertz CT molecular complexity index is 835. The number of piperidine rings is 1. The lowest BCUT2D eigenvalue weighted by Gasteiger charge is -2.34. The standard InChI is InChI=1S/C21H24N4O3/c26-20-13-19(17-6-1-2-7-18(17)23-20)24-21(27)25-11-8-16(9-12-25)28-14-15-5-3-4-10-22-15/h1-7,10,16,19H,8-9,11-14H2,(H,23,26)(H,24,27). The molecule has 1 aromatic carbocycles. The van der Waals surface area contributed by atoms with E-state index in [-0.39, 0.29) is 30.5 Å². The number of carbonyl (C=O) groups is 2. The number of nitrogens with zero attached hydrogens (tertiary/aromatic N) is 2. The molecule has 0 aliphatic carbocycles. The fourth-order valence-corrected chi connectivity index (χ4v) is 3.69. The highest BCUT2D eigenvalue weighted by atomic mass is 16.5. The quantitative estimate of drug-likeness (QED) is 0.854. The van der Waals surface area contributed by atoms with Crippen molar-refractivity contribution in [1.29, 1.82) is 0 Å². The number of ether oxygens (including phenoxy) is 1. The minimum atomic E-state index is -0.296. The van der Waals surface area contributed by atoms with Crippen LogP contribution in [0.4, 0.5) is 10.5 Å². The largest absolute Gasteiger partial charge is 0.372 e. The van der Waals surface area contributed by atoms with E-state index in [9.17, 15) is 9.59 Å². The van der Waals surface area contributed by atoms with Gasteiger partial charge in [-0.2, -0.15) is 0 Å². The Hall–Kier alpha value is -2.93. The summed E-state index contributed by atoms with van der Waals surface area (Å²) in [5, 5.41) is 5.87. The van der Waals surface area contributed by atoms with Gasteiger partial charge in [0.05, 0.1) is 30.9 Å². The first-order chi connectivity index (χ1) is 13.7. The predicted molar refractivity (Wildman–Crippen MR) is 105 cm³/mol. The van der Waals surface area contributed by atoms with Crippen molar-refractivity contribution in [3.8, 4) is 0 Å². The van der Waals surface area contributed by atoms with Crippen LogP contribution < -0.4 is 10.6 Å². The zero-order valence-electron chi connectivity index (χ0n) is 15.6. The molecular formula is C21H24N4O3. The summed E-state index contributed by atoms with van der Waals surface area (Å²) in [6.45, 7) is 1.77. The van der Waals surface area contributed by atoms with Crippen LogP contribution in [-0.4, -0.2) is 41.0 Å². The van der Waals surface area contributed by atoms with Crippen molar-refractivity contribution in [2.45, 2.75) is 38.0 Å². The highest BCUT2D eigenvalue weighted by Gasteiger charge is 2.29. The van der Waals surface area contributed by atoms with Gasteiger partial charge in [0.1, 0.15) is 0 Å². The fourth-order valence-electron chi connectivity index (χ4n) is 3.69. The van der Waals surface area contributed by atoms with Crippen LogP contribution in [0.15, 0.2) is 48.7 Å². The number of para-hydroxylation sites is 1. The van der Waals surface area contributed by atoms with Crippen LogP contribution in [-0.2, 0) is 16.1 Å². The summed E-state index contributed by atoms with van der Waals surface area (Å²) in [6, 6.07) is 12.9. The van der Waals surface area contributed by atoms with E-state index in [2.05, 4.69) is 15.6 Å². The molecule has 0 radical (unpaired) electrons. The molecule has 1 fully saturated rings. The molecule has 1 unspecified atom stereocenters. The van der Waals surface area contributed by atoms with E-state index >= 15 is 0 Å². The molecular weight excluding hydrogens is 356 g/mol. The van der Waals surface area contributed by atoms with Crippen LogP contribution in [0.5, 0.6) is 0 Å². The van der Waals surface area contributed by atoms with E-state index in [1.165, 1.54) is 0 Å². The number of anilines is 1. The molecule has 4 rings (SSSR count). The molecule has 2 N–H and O–H groups in total. The van der Waals surface area contributed by atoms with Gasteiger partial charge < -0.3 is 20.3 Å². The molecule has 2 aliphatic heterocycles. The normalized spacial score (nSPS) is 19.6.